The molecule has 26 heavy (non-hydrogen) atoms. The van der Waals surface area contributed by atoms with E-state index in [2.05, 4.69) is 0 Å². The molecule has 0 fully saturated rings. The van der Waals surface area contributed by atoms with Gasteiger partial charge in [-0.1, -0.05) is 0 Å². The predicted octanol–water partition coefficient (Wildman–Crippen LogP) is 2.15. The van der Waals surface area contributed by atoms with Gasteiger partial charge in [-0.25, -0.2) is 13.2 Å². The molecular weight excluding hydrogens is 360 g/mol. The predicted molar refractivity (Wildman–Crippen MR) is 93.7 cm³/mol. The summed E-state index contributed by atoms with van der Waals surface area (Å²) >= 11 is 0. The van der Waals surface area contributed by atoms with Crippen molar-refractivity contribution < 1.29 is 32.2 Å². The van der Waals surface area contributed by atoms with Gasteiger partial charge in [0.2, 0.25) is 5.78 Å². The molecule has 2 aromatic rings. The maximum atomic E-state index is 12.3. The first-order valence-electron chi connectivity index (χ1n) is 7.48. The van der Waals surface area contributed by atoms with E-state index >= 15 is 0 Å². The summed E-state index contributed by atoms with van der Waals surface area (Å²) < 4.78 is 38.0. The van der Waals surface area contributed by atoms with E-state index in [1.54, 1.807) is 12.1 Å². The summed E-state index contributed by atoms with van der Waals surface area (Å²) in [5.41, 5.74) is 0.370. The van der Waals surface area contributed by atoms with Crippen LogP contribution in [-0.4, -0.2) is 47.3 Å². The van der Waals surface area contributed by atoms with Gasteiger partial charge < -0.3 is 14.2 Å². The van der Waals surface area contributed by atoms with Crippen molar-refractivity contribution in [2.45, 2.75) is 4.90 Å². The summed E-state index contributed by atoms with van der Waals surface area (Å²) in [5.74, 6) is -0.386. The number of esters is 1. The fourth-order valence-corrected chi connectivity index (χ4v) is 2.79. The van der Waals surface area contributed by atoms with E-state index in [9.17, 15) is 18.0 Å². The van der Waals surface area contributed by atoms with E-state index in [-0.39, 0.29) is 16.0 Å². The molecule has 0 aliphatic carbocycles. The number of sulfone groups is 1. The van der Waals surface area contributed by atoms with Crippen LogP contribution in [0, 0.1) is 0 Å². The van der Waals surface area contributed by atoms with Gasteiger partial charge >= 0.3 is 5.97 Å². The Bertz CT molecular complexity index is 915. The topological polar surface area (TPSA) is 96.0 Å². The molecule has 0 radical (unpaired) electrons. The van der Waals surface area contributed by atoms with Crippen molar-refractivity contribution in [1.82, 2.24) is 0 Å². The Kier molecular flexibility index (Phi) is 5.99. The summed E-state index contributed by atoms with van der Waals surface area (Å²) in [5, 5.41) is 0. The van der Waals surface area contributed by atoms with Crippen LogP contribution < -0.4 is 9.47 Å². The Hall–Kier alpha value is -2.87. The largest absolute Gasteiger partial charge is 0.497 e. The number of Topliss-reactive ketones (excluding diaryl/α,β-unsaturated/α-hetero) is 1. The number of ether oxygens (including phenoxy) is 3. The van der Waals surface area contributed by atoms with E-state index in [4.69, 9.17) is 14.2 Å². The van der Waals surface area contributed by atoms with Crippen LogP contribution in [0.2, 0.25) is 0 Å². The summed E-state index contributed by atoms with van der Waals surface area (Å²) in [7, 11) is -0.460. The summed E-state index contributed by atoms with van der Waals surface area (Å²) in [6.07, 6.45) is 1.07. The second-order valence-electron chi connectivity index (χ2n) is 5.36. The lowest BCUT2D eigenvalue weighted by Gasteiger charge is -2.10. The zero-order chi connectivity index (χ0) is 19.3. The minimum Gasteiger partial charge on any atom is -0.497 e. The summed E-state index contributed by atoms with van der Waals surface area (Å²) in [6, 6.07) is 9.99. The quantitative estimate of drug-likeness (QED) is 0.538. The molecule has 0 bridgehead atoms. The van der Waals surface area contributed by atoms with Crippen molar-refractivity contribution in [1.29, 1.82) is 0 Å². The zero-order valence-corrected chi connectivity index (χ0v) is 15.3. The Balaban J connectivity index is 2.08. The van der Waals surface area contributed by atoms with Crippen molar-refractivity contribution >= 4 is 21.6 Å². The van der Waals surface area contributed by atoms with Crippen molar-refractivity contribution in [3.63, 3.8) is 0 Å². The average Bonchev–Trinajstić information content (AvgIpc) is 2.64. The Morgan fingerprint density at radius 3 is 2.15 bits per heavy atom. The first kappa shape index (κ1) is 19.5. The first-order chi connectivity index (χ1) is 12.3. The molecule has 8 heteroatoms. The number of methoxy groups -OCH3 is 2. The average molecular weight is 378 g/mol. The molecule has 0 saturated carbocycles. The maximum Gasteiger partial charge on any atom is 0.338 e. The summed E-state index contributed by atoms with van der Waals surface area (Å²) in [4.78, 5) is 24.5. The molecule has 0 N–H and O–H groups in total. The monoisotopic (exact) mass is 378 g/mol. The van der Waals surface area contributed by atoms with Crippen LogP contribution in [0.25, 0.3) is 0 Å². The van der Waals surface area contributed by atoms with E-state index < -0.39 is 28.2 Å². The lowest BCUT2D eigenvalue weighted by molar-refractivity contribution is 0.0474. The Morgan fingerprint density at radius 2 is 1.62 bits per heavy atom. The molecule has 0 heterocycles. The van der Waals surface area contributed by atoms with Crippen molar-refractivity contribution in [3.8, 4) is 11.5 Å². The van der Waals surface area contributed by atoms with E-state index in [0.29, 0.717) is 11.5 Å². The molecule has 0 aliphatic heterocycles. The first-order valence-corrected chi connectivity index (χ1v) is 9.38. The van der Waals surface area contributed by atoms with Crippen LogP contribution >= 0.6 is 0 Å². The van der Waals surface area contributed by atoms with Gasteiger partial charge in [0.05, 0.1) is 30.2 Å². The fraction of sp³-hybridized carbons (Fsp3) is 0.222. The van der Waals surface area contributed by atoms with Gasteiger partial charge in [0.15, 0.2) is 16.4 Å². The van der Waals surface area contributed by atoms with Gasteiger partial charge in [0.25, 0.3) is 0 Å². The number of benzene rings is 2. The van der Waals surface area contributed by atoms with Crippen molar-refractivity contribution in [2.24, 2.45) is 0 Å². The molecule has 0 amide bonds. The molecular formula is C18H18O7S. The minimum atomic E-state index is -3.35. The lowest BCUT2D eigenvalue weighted by atomic mass is 10.1. The molecule has 0 unspecified atom stereocenters. The van der Waals surface area contributed by atoms with Crippen molar-refractivity contribution in [3.05, 3.63) is 53.6 Å². The lowest BCUT2D eigenvalue weighted by Crippen LogP contribution is -2.15. The number of carbonyl (C=O) groups excluding carboxylic acids is 2. The number of hydrogen-bond donors (Lipinski definition) is 0. The Morgan fingerprint density at radius 1 is 0.962 bits per heavy atom. The third-order valence-electron chi connectivity index (χ3n) is 3.56. The molecule has 2 rings (SSSR count). The zero-order valence-electron chi connectivity index (χ0n) is 14.5. The molecule has 7 nitrogen and oxygen atoms in total. The second-order valence-corrected chi connectivity index (χ2v) is 7.38. The van der Waals surface area contributed by atoms with E-state index in [1.165, 1.54) is 44.6 Å². The molecule has 0 saturated heterocycles. The van der Waals surface area contributed by atoms with Gasteiger partial charge in [-0.2, -0.15) is 0 Å². The Labute approximate surface area is 151 Å². The molecule has 0 atom stereocenters. The van der Waals surface area contributed by atoms with Crippen LogP contribution in [0.5, 0.6) is 11.5 Å². The van der Waals surface area contributed by atoms with E-state index in [1.807, 2.05) is 0 Å². The van der Waals surface area contributed by atoms with Crippen LogP contribution in [-0.2, 0) is 14.6 Å². The molecule has 0 spiro atoms. The van der Waals surface area contributed by atoms with Gasteiger partial charge in [0.1, 0.15) is 11.5 Å². The number of ketones is 1. The minimum absolute atomic E-state index is 0.0891. The SMILES string of the molecule is COc1ccc(OC)c(C(=O)COC(=O)c2ccc(S(C)(=O)=O)cc2)c1. The normalized spacial score (nSPS) is 10.9. The number of hydrogen-bond acceptors (Lipinski definition) is 7. The third-order valence-corrected chi connectivity index (χ3v) is 4.69. The molecule has 138 valence electrons. The molecule has 2 aromatic carbocycles. The highest BCUT2D eigenvalue weighted by Crippen LogP contribution is 2.24. The molecule has 0 aliphatic rings. The fourth-order valence-electron chi connectivity index (χ4n) is 2.16. The maximum absolute atomic E-state index is 12.3. The van der Waals surface area contributed by atoms with Crippen LogP contribution in [0.3, 0.4) is 0 Å². The van der Waals surface area contributed by atoms with Crippen molar-refractivity contribution in [2.75, 3.05) is 27.1 Å². The highest BCUT2D eigenvalue weighted by Gasteiger charge is 2.17. The summed E-state index contributed by atoms with van der Waals surface area (Å²) in [6.45, 7) is -0.490. The standard InChI is InChI=1S/C18H18O7S/c1-23-13-6-9-17(24-2)15(10-13)16(19)11-25-18(20)12-4-7-14(8-5-12)26(3,21)22/h4-10H,11H2,1-3H3. The van der Waals surface area contributed by atoms with Crippen LogP contribution in [0.1, 0.15) is 20.7 Å². The van der Waals surface area contributed by atoms with Gasteiger partial charge in [-0.3, -0.25) is 4.79 Å². The van der Waals surface area contributed by atoms with Crippen LogP contribution in [0.4, 0.5) is 0 Å². The number of rotatable bonds is 7. The van der Waals surface area contributed by atoms with Gasteiger partial charge in [0, 0.05) is 6.26 Å². The smallest absolute Gasteiger partial charge is 0.338 e. The highest BCUT2D eigenvalue weighted by atomic mass is 32.2. The molecule has 0 aromatic heterocycles. The van der Waals surface area contributed by atoms with E-state index in [0.717, 1.165) is 6.26 Å². The van der Waals surface area contributed by atoms with Gasteiger partial charge in [-0.15, -0.1) is 0 Å². The highest BCUT2D eigenvalue weighted by molar-refractivity contribution is 7.90. The third kappa shape index (κ3) is 4.60. The number of carbonyl (C=O) groups is 2. The second kappa shape index (κ2) is 8.01. The van der Waals surface area contributed by atoms with Crippen LogP contribution in [0.15, 0.2) is 47.4 Å². The van der Waals surface area contributed by atoms with Gasteiger partial charge in [-0.05, 0) is 42.5 Å².